The predicted molar refractivity (Wildman–Crippen MR) is 36.5 cm³/mol. The Morgan fingerprint density at radius 1 is 1.38 bits per heavy atom. The molecule has 1 atom stereocenters. The zero-order valence-corrected chi connectivity index (χ0v) is 5.91. The highest BCUT2D eigenvalue weighted by Crippen LogP contribution is 2.30. The molecule has 8 heavy (non-hydrogen) atoms. The van der Waals surface area contributed by atoms with E-state index in [1.165, 1.54) is 25.7 Å². The number of hydrogen-bond acceptors (Lipinski definition) is 0. The van der Waals surface area contributed by atoms with Crippen molar-refractivity contribution in [2.45, 2.75) is 39.5 Å². The Kier molecular flexibility index (Phi) is 1.82. The second-order valence-electron chi connectivity index (χ2n) is 2.99. The van der Waals surface area contributed by atoms with Gasteiger partial charge in [-0.05, 0) is 26.2 Å². The van der Waals surface area contributed by atoms with Crippen LogP contribution < -0.4 is 0 Å². The van der Waals surface area contributed by atoms with Crippen LogP contribution in [0.1, 0.15) is 39.5 Å². The molecule has 0 heterocycles. The first kappa shape index (κ1) is 6.00. The largest absolute Gasteiger partial charge is 0.0971 e. The lowest BCUT2D eigenvalue weighted by Gasteiger charge is -2.14. The summed E-state index contributed by atoms with van der Waals surface area (Å²) in [5.41, 5.74) is 0. The molecule has 1 aliphatic rings. The normalized spacial score (nSPS) is 30.8. The molecular formula is C8H15+. The van der Waals surface area contributed by atoms with Crippen molar-refractivity contribution < 1.29 is 0 Å². The van der Waals surface area contributed by atoms with Gasteiger partial charge in [0.25, 0.3) is 0 Å². The van der Waals surface area contributed by atoms with E-state index in [4.69, 9.17) is 0 Å². The van der Waals surface area contributed by atoms with Crippen LogP contribution in [0.25, 0.3) is 0 Å². The predicted octanol–water partition coefficient (Wildman–Crippen LogP) is 2.79. The standard InChI is InChI=1S/C8H15/c1-7-5-3-4-6-8(7)2/h7H,3-6H2,1-2H3/q+1. The Hall–Kier alpha value is -0.130. The third-order valence-electron chi connectivity index (χ3n) is 2.30. The first-order chi connectivity index (χ1) is 3.80. The van der Waals surface area contributed by atoms with Gasteiger partial charge in [0.1, 0.15) is 0 Å². The minimum absolute atomic E-state index is 0.920. The first-order valence-corrected chi connectivity index (χ1v) is 3.63. The fourth-order valence-electron chi connectivity index (χ4n) is 1.35. The smallest absolute Gasteiger partial charge is 0.0449 e. The first-order valence-electron chi connectivity index (χ1n) is 3.63. The maximum absolute atomic E-state index is 2.34. The van der Waals surface area contributed by atoms with Crippen molar-refractivity contribution in [3.8, 4) is 0 Å². The molecule has 0 N–H and O–H groups in total. The molecule has 0 heteroatoms. The maximum atomic E-state index is 2.34. The third-order valence-corrected chi connectivity index (χ3v) is 2.30. The number of rotatable bonds is 0. The summed E-state index contributed by atoms with van der Waals surface area (Å²) in [4.78, 5) is 0. The van der Waals surface area contributed by atoms with Gasteiger partial charge in [-0.3, -0.25) is 0 Å². The van der Waals surface area contributed by atoms with E-state index in [0.717, 1.165) is 5.92 Å². The van der Waals surface area contributed by atoms with Gasteiger partial charge in [-0.25, -0.2) is 0 Å². The highest BCUT2D eigenvalue weighted by Gasteiger charge is 2.25. The monoisotopic (exact) mass is 111 g/mol. The maximum Gasteiger partial charge on any atom is 0.0971 e. The summed E-state index contributed by atoms with van der Waals surface area (Å²) in [7, 11) is 0. The third kappa shape index (κ3) is 1.18. The fraction of sp³-hybridized carbons (Fsp3) is 0.875. The van der Waals surface area contributed by atoms with Crippen molar-refractivity contribution in [2.24, 2.45) is 5.92 Å². The Morgan fingerprint density at radius 3 is 2.50 bits per heavy atom. The summed E-state index contributed by atoms with van der Waals surface area (Å²) in [5.74, 6) is 2.64. The van der Waals surface area contributed by atoms with Crippen molar-refractivity contribution in [3.63, 3.8) is 0 Å². The Bertz CT molecular complexity index is 56.4. The summed E-state index contributed by atoms with van der Waals surface area (Å²) < 4.78 is 0. The van der Waals surface area contributed by atoms with Crippen LogP contribution in [-0.2, 0) is 0 Å². The molecule has 0 aromatic carbocycles. The highest BCUT2D eigenvalue weighted by molar-refractivity contribution is 4.92. The van der Waals surface area contributed by atoms with Gasteiger partial charge < -0.3 is 0 Å². The fourth-order valence-corrected chi connectivity index (χ4v) is 1.35. The molecule has 0 radical (unpaired) electrons. The van der Waals surface area contributed by atoms with Crippen molar-refractivity contribution in [2.75, 3.05) is 0 Å². The second-order valence-corrected chi connectivity index (χ2v) is 2.99. The van der Waals surface area contributed by atoms with E-state index < -0.39 is 0 Å². The van der Waals surface area contributed by atoms with Gasteiger partial charge in [0, 0.05) is 0 Å². The molecule has 1 rings (SSSR count). The zero-order valence-electron chi connectivity index (χ0n) is 5.91. The Morgan fingerprint density at radius 2 is 2.12 bits per heavy atom. The lowest BCUT2D eigenvalue weighted by molar-refractivity contribution is 0.424. The van der Waals surface area contributed by atoms with E-state index >= 15 is 0 Å². The molecule has 0 nitrogen and oxygen atoms in total. The van der Waals surface area contributed by atoms with Crippen LogP contribution in [0.2, 0.25) is 0 Å². The summed E-state index contributed by atoms with van der Waals surface area (Å²) in [6.07, 6.45) is 5.72. The van der Waals surface area contributed by atoms with E-state index in [9.17, 15) is 0 Å². The van der Waals surface area contributed by atoms with Crippen molar-refractivity contribution in [1.29, 1.82) is 0 Å². The molecule has 1 aliphatic carbocycles. The van der Waals surface area contributed by atoms with Gasteiger partial charge in [-0.2, -0.15) is 0 Å². The van der Waals surface area contributed by atoms with Gasteiger partial charge >= 0.3 is 0 Å². The lowest BCUT2D eigenvalue weighted by Crippen LogP contribution is -2.10. The summed E-state index contributed by atoms with van der Waals surface area (Å²) in [6, 6.07) is 0. The van der Waals surface area contributed by atoms with Crippen molar-refractivity contribution in [3.05, 3.63) is 5.92 Å². The molecule has 0 aromatic heterocycles. The van der Waals surface area contributed by atoms with E-state index in [0.29, 0.717) is 0 Å². The second kappa shape index (κ2) is 2.43. The van der Waals surface area contributed by atoms with Crippen LogP contribution in [0.5, 0.6) is 0 Å². The molecule has 1 unspecified atom stereocenters. The SMILES string of the molecule is C[C+]1CCCCC1C. The summed E-state index contributed by atoms with van der Waals surface area (Å²) in [6.45, 7) is 4.64. The molecule has 1 saturated carbocycles. The molecule has 0 spiro atoms. The topological polar surface area (TPSA) is 0 Å². The zero-order chi connectivity index (χ0) is 5.98. The minimum atomic E-state index is 0.920. The molecule has 0 amide bonds. The van der Waals surface area contributed by atoms with E-state index in [-0.39, 0.29) is 0 Å². The molecule has 0 aromatic rings. The van der Waals surface area contributed by atoms with E-state index in [1.54, 1.807) is 5.92 Å². The van der Waals surface area contributed by atoms with Crippen LogP contribution in [0.4, 0.5) is 0 Å². The molecule has 0 aliphatic heterocycles. The molecular weight excluding hydrogens is 96.1 g/mol. The van der Waals surface area contributed by atoms with Gasteiger partial charge in [0.2, 0.25) is 0 Å². The van der Waals surface area contributed by atoms with Crippen LogP contribution in [0.15, 0.2) is 0 Å². The van der Waals surface area contributed by atoms with Gasteiger partial charge in [-0.15, -0.1) is 0 Å². The molecule has 1 fully saturated rings. The van der Waals surface area contributed by atoms with Gasteiger partial charge in [-0.1, -0.05) is 0 Å². The van der Waals surface area contributed by atoms with Crippen molar-refractivity contribution in [1.82, 2.24) is 0 Å². The summed E-state index contributed by atoms with van der Waals surface area (Å²) >= 11 is 0. The molecule has 46 valence electrons. The van der Waals surface area contributed by atoms with E-state index in [2.05, 4.69) is 13.8 Å². The van der Waals surface area contributed by atoms with Crippen LogP contribution in [0.3, 0.4) is 0 Å². The average Bonchev–Trinajstić information content (AvgIpc) is 1.77. The van der Waals surface area contributed by atoms with Crippen LogP contribution in [-0.4, -0.2) is 0 Å². The quantitative estimate of drug-likeness (QED) is 0.422. The van der Waals surface area contributed by atoms with E-state index in [1.807, 2.05) is 0 Å². The highest BCUT2D eigenvalue weighted by atomic mass is 14.2. The van der Waals surface area contributed by atoms with Gasteiger partial charge in [0.15, 0.2) is 0 Å². The van der Waals surface area contributed by atoms with Gasteiger partial charge in [0.05, 0.1) is 25.2 Å². The molecule has 0 bridgehead atoms. The van der Waals surface area contributed by atoms with Crippen molar-refractivity contribution >= 4 is 0 Å². The Labute approximate surface area is 52.3 Å². The minimum Gasteiger partial charge on any atom is -0.0449 e. The lowest BCUT2D eigenvalue weighted by atomic mass is 9.82. The summed E-state index contributed by atoms with van der Waals surface area (Å²) in [5, 5.41) is 0. The Balaban J connectivity index is 2.28. The van der Waals surface area contributed by atoms with Crippen LogP contribution in [0, 0.1) is 11.8 Å². The average molecular weight is 111 g/mol. The molecule has 0 saturated heterocycles. The van der Waals surface area contributed by atoms with Crippen LogP contribution >= 0.6 is 0 Å². The number of hydrogen-bond donors (Lipinski definition) is 0.